The molecule has 1 aliphatic heterocycles. The van der Waals surface area contributed by atoms with Gasteiger partial charge in [-0.05, 0) is 30.0 Å². The summed E-state index contributed by atoms with van der Waals surface area (Å²) in [6, 6.07) is 7.97. The number of nitrogens with zero attached hydrogens (tertiary/aromatic N) is 1. The second-order valence-electron chi connectivity index (χ2n) is 6.26. The molecule has 0 saturated carbocycles. The number of hydrogen-bond acceptors (Lipinski definition) is 2. The van der Waals surface area contributed by atoms with E-state index in [1.165, 1.54) is 5.56 Å². The van der Waals surface area contributed by atoms with E-state index in [0.717, 1.165) is 5.56 Å². The van der Waals surface area contributed by atoms with E-state index in [2.05, 4.69) is 32.9 Å². The zero-order chi connectivity index (χ0) is 14.0. The summed E-state index contributed by atoms with van der Waals surface area (Å²) < 4.78 is 5.46. The lowest BCUT2D eigenvalue weighted by Gasteiger charge is -2.31. The van der Waals surface area contributed by atoms with Crippen molar-refractivity contribution in [3.05, 3.63) is 35.4 Å². The van der Waals surface area contributed by atoms with Crippen LogP contribution < -0.4 is 0 Å². The second kappa shape index (κ2) is 5.33. The molecule has 104 valence electrons. The molecule has 0 N–H and O–H groups in total. The Labute approximate surface area is 115 Å². The number of morpholine rings is 1. The highest BCUT2D eigenvalue weighted by molar-refractivity contribution is 5.94. The van der Waals surface area contributed by atoms with Gasteiger partial charge in [0.15, 0.2) is 0 Å². The van der Waals surface area contributed by atoms with Gasteiger partial charge in [-0.15, -0.1) is 0 Å². The van der Waals surface area contributed by atoms with Gasteiger partial charge in [-0.3, -0.25) is 4.79 Å². The minimum absolute atomic E-state index is 0.107. The molecule has 1 aromatic carbocycles. The van der Waals surface area contributed by atoms with Gasteiger partial charge in [-0.1, -0.05) is 32.9 Å². The lowest BCUT2D eigenvalue weighted by atomic mass is 9.86. The molecule has 0 radical (unpaired) electrons. The fourth-order valence-electron chi connectivity index (χ4n) is 2.30. The largest absolute Gasteiger partial charge is 0.375 e. The minimum Gasteiger partial charge on any atom is -0.375 e. The van der Waals surface area contributed by atoms with E-state index >= 15 is 0 Å². The SMILES string of the molecule is C[C@@H]1CN(C(=O)c2ccc(C(C)(C)C)cc2)CCO1. The molecule has 1 aliphatic rings. The van der Waals surface area contributed by atoms with Gasteiger partial charge in [-0.25, -0.2) is 0 Å². The summed E-state index contributed by atoms with van der Waals surface area (Å²) in [5.41, 5.74) is 2.14. The molecule has 1 saturated heterocycles. The van der Waals surface area contributed by atoms with Gasteiger partial charge in [0.2, 0.25) is 0 Å². The van der Waals surface area contributed by atoms with Crippen LogP contribution in [0.1, 0.15) is 43.6 Å². The maximum absolute atomic E-state index is 12.4. The summed E-state index contributed by atoms with van der Waals surface area (Å²) in [6.45, 7) is 10.5. The fourth-order valence-corrected chi connectivity index (χ4v) is 2.30. The number of benzene rings is 1. The number of hydrogen-bond donors (Lipinski definition) is 0. The van der Waals surface area contributed by atoms with Gasteiger partial charge in [0.1, 0.15) is 0 Å². The second-order valence-corrected chi connectivity index (χ2v) is 6.26. The van der Waals surface area contributed by atoms with Crippen molar-refractivity contribution >= 4 is 5.91 Å². The first kappa shape index (κ1) is 14.1. The monoisotopic (exact) mass is 261 g/mol. The predicted molar refractivity (Wildman–Crippen MR) is 76.5 cm³/mol. The minimum atomic E-state index is 0.107. The van der Waals surface area contributed by atoms with Gasteiger partial charge < -0.3 is 9.64 Å². The van der Waals surface area contributed by atoms with Crippen LogP contribution in [-0.4, -0.2) is 36.6 Å². The van der Waals surface area contributed by atoms with Crippen LogP contribution in [-0.2, 0) is 10.2 Å². The molecule has 3 heteroatoms. The van der Waals surface area contributed by atoms with E-state index in [1.54, 1.807) is 0 Å². The van der Waals surface area contributed by atoms with E-state index in [-0.39, 0.29) is 17.4 Å². The molecule has 0 unspecified atom stereocenters. The Bertz CT molecular complexity index is 445. The van der Waals surface area contributed by atoms with E-state index in [9.17, 15) is 4.79 Å². The summed E-state index contributed by atoms with van der Waals surface area (Å²) in [7, 11) is 0. The Kier molecular flexibility index (Phi) is 3.95. The van der Waals surface area contributed by atoms with Crippen LogP contribution in [0.5, 0.6) is 0 Å². The van der Waals surface area contributed by atoms with Crippen LogP contribution in [0, 0.1) is 0 Å². The van der Waals surface area contributed by atoms with Crippen LogP contribution in [0.3, 0.4) is 0 Å². The summed E-state index contributed by atoms with van der Waals surface area (Å²) in [6.07, 6.45) is 0.131. The Balaban J connectivity index is 2.11. The number of carbonyl (C=O) groups excluding carboxylic acids is 1. The summed E-state index contributed by atoms with van der Waals surface area (Å²) in [5.74, 6) is 0.107. The van der Waals surface area contributed by atoms with Gasteiger partial charge in [0, 0.05) is 18.7 Å². The van der Waals surface area contributed by atoms with Crippen LogP contribution in [0.2, 0.25) is 0 Å². The normalized spacial score (nSPS) is 20.4. The Hall–Kier alpha value is -1.35. The maximum atomic E-state index is 12.4. The van der Waals surface area contributed by atoms with Crippen LogP contribution in [0.15, 0.2) is 24.3 Å². The average Bonchev–Trinajstić information content (AvgIpc) is 2.37. The maximum Gasteiger partial charge on any atom is 0.254 e. The molecule has 1 aromatic rings. The third-order valence-corrected chi connectivity index (χ3v) is 3.53. The van der Waals surface area contributed by atoms with E-state index < -0.39 is 0 Å². The van der Waals surface area contributed by atoms with Crippen LogP contribution in [0.25, 0.3) is 0 Å². The summed E-state index contributed by atoms with van der Waals surface area (Å²) in [4.78, 5) is 14.3. The van der Waals surface area contributed by atoms with Crippen molar-refractivity contribution in [2.24, 2.45) is 0 Å². The molecular formula is C16H23NO2. The van der Waals surface area contributed by atoms with Crippen LogP contribution in [0.4, 0.5) is 0 Å². The molecule has 1 amide bonds. The molecule has 1 fully saturated rings. The summed E-state index contributed by atoms with van der Waals surface area (Å²) in [5, 5.41) is 0. The number of ether oxygens (including phenoxy) is 1. The molecule has 3 nitrogen and oxygen atoms in total. The van der Waals surface area contributed by atoms with Crippen molar-refractivity contribution in [3.8, 4) is 0 Å². The smallest absolute Gasteiger partial charge is 0.254 e. The predicted octanol–water partition coefficient (Wildman–Crippen LogP) is 2.85. The zero-order valence-electron chi connectivity index (χ0n) is 12.3. The van der Waals surface area contributed by atoms with Gasteiger partial charge in [0.25, 0.3) is 5.91 Å². The van der Waals surface area contributed by atoms with Gasteiger partial charge in [-0.2, -0.15) is 0 Å². The number of rotatable bonds is 1. The van der Waals surface area contributed by atoms with Crippen molar-refractivity contribution in [3.63, 3.8) is 0 Å². The molecule has 0 spiro atoms. The average molecular weight is 261 g/mol. The highest BCUT2D eigenvalue weighted by Gasteiger charge is 2.22. The molecule has 0 bridgehead atoms. The highest BCUT2D eigenvalue weighted by Crippen LogP contribution is 2.22. The molecule has 1 atom stereocenters. The van der Waals surface area contributed by atoms with Crippen molar-refractivity contribution in [1.82, 2.24) is 4.90 Å². The molecule has 0 aromatic heterocycles. The first-order valence-corrected chi connectivity index (χ1v) is 6.89. The fraction of sp³-hybridized carbons (Fsp3) is 0.562. The van der Waals surface area contributed by atoms with E-state index in [1.807, 2.05) is 24.0 Å². The lowest BCUT2D eigenvalue weighted by molar-refractivity contribution is -0.0124. The van der Waals surface area contributed by atoms with E-state index in [0.29, 0.717) is 19.7 Å². The van der Waals surface area contributed by atoms with Crippen LogP contribution >= 0.6 is 0 Å². The summed E-state index contributed by atoms with van der Waals surface area (Å²) >= 11 is 0. The third kappa shape index (κ3) is 3.35. The Morgan fingerprint density at radius 3 is 2.42 bits per heavy atom. The molecule has 2 rings (SSSR count). The molecule has 19 heavy (non-hydrogen) atoms. The van der Waals surface area contributed by atoms with Gasteiger partial charge in [0.05, 0.1) is 12.7 Å². The van der Waals surface area contributed by atoms with E-state index in [4.69, 9.17) is 4.74 Å². The standard InChI is InChI=1S/C16H23NO2/c1-12-11-17(9-10-19-12)15(18)13-5-7-14(8-6-13)16(2,3)4/h5-8,12H,9-11H2,1-4H3/t12-/m1/s1. The topological polar surface area (TPSA) is 29.5 Å². The third-order valence-electron chi connectivity index (χ3n) is 3.53. The highest BCUT2D eigenvalue weighted by atomic mass is 16.5. The Morgan fingerprint density at radius 2 is 1.89 bits per heavy atom. The first-order chi connectivity index (χ1) is 8.88. The number of carbonyl (C=O) groups is 1. The quantitative estimate of drug-likeness (QED) is 0.778. The molecular weight excluding hydrogens is 238 g/mol. The molecule has 1 heterocycles. The van der Waals surface area contributed by atoms with Crippen molar-refractivity contribution in [2.75, 3.05) is 19.7 Å². The zero-order valence-corrected chi connectivity index (χ0v) is 12.3. The van der Waals surface area contributed by atoms with Gasteiger partial charge >= 0.3 is 0 Å². The Morgan fingerprint density at radius 1 is 1.26 bits per heavy atom. The lowest BCUT2D eigenvalue weighted by Crippen LogP contribution is -2.44. The van der Waals surface area contributed by atoms with Crippen molar-refractivity contribution in [1.29, 1.82) is 0 Å². The first-order valence-electron chi connectivity index (χ1n) is 6.89. The van der Waals surface area contributed by atoms with Crippen molar-refractivity contribution in [2.45, 2.75) is 39.2 Å². The van der Waals surface area contributed by atoms with Crippen molar-refractivity contribution < 1.29 is 9.53 Å². The molecule has 0 aliphatic carbocycles. The number of amides is 1.